The summed E-state index contributed by atoms with van der Waals surface area (Å²) < 4.78 is 7.50. The number of fused-ring (bicyclic) bond motifs is 1. The number of amides is 3. The molecule has 0 atom stereocenters. The van der Waals surface area contributed by atoms with E-state index in [0.29, 0.717) is 22.9 Å². The lowest BCUT2D eigenvalue weighted by atomic mass is 10.1. The maximum atomic E-state index is 12.7. The zero-order chi connectivity index (χ0) is 31.8. The van der Waals surface area contributed by atoms with Gasteiger partial charge in [0.25, 0.3) is 0 Å². The number of hydrogen-bond acceptors (Lipinski definition) is 5. The number of amidine groups is 1. The number of halogens is 1. The van der Waals surface area contributed by atoms with Crippen molar-refractivity contribution in [2.75, 3.05) is 38.9 Å². The molecule has 3 N–H and O–H groups in total. The molecule has 0 radical (unpaired) electrons. The summed E-state index contributed by atoms with van der Waals surface area (Å²) in [5.41, 5.74) is 3.59. The van der Waals surface area contributed by atoms with Crippen LogP contribution < -0.4 is 20.7 Å². The van der Waals surface area contributed by atoms with Crippen LogP contribution in [0.3, 0.4) is 0 Å². The van der Waals surface area contributed by atoms with Gasteiger partial charge in [0.05, 0.1) is 24.0 Å². The number of carbonyl (C=O) groups excluding carboxylic acids is 3. The highest BCUT2D eigenvalue weighted by molar-refractivity contribution is 6.31. The van der Waals surface area contributed by atoms with Crippen molar-refractivity contribution in [2.24, 2.45) is 4.99 Å². The van der Waals surface area contributed by atoms with Crippen molar-refractivity contribution in [1.82, 2.24) is 14.8 Å². The van der Waals surface area contributed by atoms with E-state index < -0.39 is 0 Å². The van der Waals surface area contributed by atoms with Gasteiger partial charge >= 0.3 is 6.03 Å². The van der Waals surface area contributed by atoms with Gasteiger partial charge in [0.2, 0.25) is 5.91 Å². The number of aldehydes is 1. The van der Waals surface area contributed by atoms with Gasteiger partial charge in [-0.2, -0.15) is 0 Å². The van der Waals surface area contributed by atoms with Crippen LogP contribution in [0.5, 0.6) is 5.75 Å². The molecular formula is C32H41ClN6O4. The fourth-order valence-corrected chi connectivity index (χ4v) is 3.97. The molecule has 0 fully saturated rings. The van der Waals surface area contributed by atoms with Crippen molar-refractivity contribution in [3.8, 4) is 5.75 Å². The molecule has 3 amide bonds. The van der Waals surface area contributed by atoms with Crippen LogP contribution in [0, 0.1) is 0 Å². The highest BCUT2D eigenvalue weighted by Gasteiger charge is 2.12. The van der Waals surface area contributed by atoms with Crippen LogP contribution in [0.1, 0.15) is 33.1 Å². The van der Waals surface area contributed by atoms with E-state index in [1.54, 1.807) is 46.5 Å². The van der Waals surface area contributed by atoms with E-state index in [1.807, 2.05) is 37.5 Å². The third-order valence-corrected chi connectivity index (χ3v) is 6.49. The van der Waals surface area contributed by atoms with Crippen LogP contribution in [0.25, 0.3) is 10.9 Å². The van der Waals surface area contributed by atoms with Gasteiger partial charge in [0.1, 0.15) is 17.9 Å². The summed E-state index contributed by atoms with van der Waals surface area (Å²) >= 11 is 6.06. The van der Waals surface area contributed by atoms with E-state index >= 15 is 0 Å². The topological polar surface area (TPSA) is 117 Å². The number of hydrogen-bond donors (Lipinski definition) is 3. The first kappa shape index (κ1) is 34.6. The lowest BCUT2D eigenvalue weighted by Gasteiger charge is -2.12. The lowest BCUT2D eigenvalue weighted by molar-refractivity contribution is -0.126. The van der Waals surface area contributed by atoms with Crippen molar-refractivity contribution < 1.29 is 19.1 Å². The number of allylic oxidation sites excluding steroid dienone is 2. The summed E-state index contributed by atoms with van der Waals surface area (Å²) in [6, 6.07) is 12.6. The molecule has 230 valence electrons. The molecule has 0 spiro atoms. The highest BCUT2D eigenvalue weighted by Crippen LogP contribution is 2.29. The van der Waals surface area contributed by atoms with Gasteiger partial charge in [0.15, 0.2) is 0 Å². The number of ether oxygens (including phenoxy) is 1. The van der Waals surface area contributed by atoms with Crippen molar-refractivity contribution >= 4 is 57.9 Å². The fraction of sp³-hybridized carbons (Fsp3) is 0.312. The Hall–Kier alpha value is -4.57. The fourth-order valence-electron chi connectivity index (χ4n) is 3.80. The van der Waals surface area contributed by atoms with Crippen molar-refractivity contribution in [1.29, 1.82) is 0 Å². The number of nitrogens with one attached hydrogen (secondary N) is 3. The number of anilines is 2. The van der Waals surface area contributed by atoms with Gasteiger partial charge < -0.3 is 34.9 Å². The third kappa shape index (κ3) is 11.3. The number of aromatic nitrogens is 1. The number of carbonyl (C=O) groups is 3. The van der Waals surface area contributed by atoms with Gasteiger partial charge in [-0.25, -0.2) is 4.79 Å². The van der Waals surface area contributed by atoms with E-state index in [0.717, 1.165) is 48.1 Å². The summed E-state index contributed by atoms with van der Waals surface area (Å²) in [5, 5.41) is 10.4. The number of benzene rings is 2. The Morgan fingerprint density at radius 3 is 2.49 bits per heavy atom. The first-order valence-electron chi connectivity index (χ1n) is 13.8. The normalized spacial score (nSPS) is 12.8. The predicted octanol–water partition coefficient (Wildman–Crippen LogP) is 6.49. The Morgan fingerprint density at radius 2 is 1.86 bits per heavy atom. The monoisotopic (exact) mass is 608 g/mol. The number of rotatable bonds is 7. The molecule has 1 aliphatic rings. The van der Waals surface area contributed by atoms with Crippen molar-refractivity contribution in [2.45, 2.75) is 39.7 Å². The number of aliphatic imine (C=N–C) groups is 1. The highest BCUT2D eigenvalue weighted by atomic mass is 35.5. The second-order valence-corrected chi connectivity index (χ2v) is 10.0. The molecular weight excluding hydrogens is 568 g/mol. The van der Waals surface area contributed by atoms with E-state index in [1.165, 1.54) is 17.4 Å². The van der Waals surface area contributed by atoms with Crippen LogP contribution in [0.15, 0.2) is 77.6 Å². The smallest absolute Gasteiger partial charge is 0.323 e. The van der Waals surface area contributed by atoms with Gasteiger partial charge in [-0.3, -0.25) is 9.79 Å². The number of nitrogens with zero attached hydrogens (tertiary/aromatic N) is 3. The maximum Gasteiger partial charge on any atom is 0.323 e. The summed E-state index contributed by atoms with van der Waals surface area (Å²) in [6.45, 7) is 4.17. The molecule has 0 saturated heterocycles. The first-order valence-corrected chi connectivity index (χ1v) is 14.2. The molecule has 1 aliphatic heterocycles. The maximum absolute atomic E-state index is 12.7. The summed E-state index contributed by atoms with van der Waals surface area (Å²) in [4.78, 5) is 37.7. The van der Waals surface area contributed by atoms with Gasteiger partial charge in [-0.05, 0) is 61.5 Å². The van der Waals surface area contributed by atoms with Crippen LogP contribution >= 0.6 is 11.6 Å². The molecule has 1 aromatic heterocycles. The average molecular weight is 609 g/mol. The van der Waals surface area contributed by atoms with Gasteiger partial charge in [-0.1, -0.05) is 36.2 Å². The Bertz CT molecular complexity index is 1480. The van der Waals surface area contributed by atoms with E-state index in [2.05, 4.69) is 43.7 Å². The molecule has 0 saturated carbocycles. The molecule has 2 heterocycles. The van der Waals surface area contributed by atoms with Crippen LogP contribution in [0.4, 0.5) is 16.2 Å². The molecule has 0 aliphatic carbocycles. The van der Waals surface area contributed by atoms with Crippen molar-refractivity contribution in [3.63, 3.8) is 0 Å². The Balaban J connectivity index is 0.000000559. The van der Waals surface area contributed by atoms with Gasteiger partial charge in [-0.15, -0.1) is 0 Å². The molecule has 0 unspecified atom stereocenters. The quantitative estimate of drug-likeness (QED) is 0.265. The van der Waals surface area contributed by atoms with E-state index in [4.69, 9.17) is 16.3 Å². The zero-order valence-corrected chi connectivity index (χ0v) is 26.4. The molecule has 43 heavy (non-hydrogen) atoms. The minimum atomic E-state index is -0.370. The van der Waals surface area contributed by atoms with Crippen molar-refractivity contribution in [3.05, 3.63) is 77.6 Å². The lowest BCUT2D eigenvalue weighted by Crippen LogP contribution is -2.20. The first-order chi connectivity index (χ1) is 20.6. The molecule has 0 bridgehead atoms. The third-order valence-electron chi connectivity index (χ3n) is 6.25. The SMILES string of the molecule is CC(=O)N(C)C.CCC=O.CN=C1C=C(CCn2ccc3c(NC(=O)Nc4cc(Cl)ccc4OC)cccc32)CC=CN1. The second kappa shape index (κ2) is 18.1. The Morgan fingerprint density at radius 1 is 1.16 bits per heavy atom. The minimum Gasteiger partial charge on any atom is -0.495 e. The minimum absolute atomic E-state index is 0.0926. The standard InChI is InChI=1S/C25H26ClN5O2.C4H9NO.C3H6O/c1-27-24-15-17(5-4-12-28-24)10-13-31-14-11-19-20(6-3-7-22(19)31)29-25(32)30-21-16-18(26)8-9-23(21)33-2;1-4(6)5(2)3;1-2-3-4/h3-4,6-9,11-12,14-16H,5,10,13H2,1-2H3,(H,27,28)(H2,29,30,32);1-3H3;3H,2H2,1H3. The predicted molar refractivity (Wildman–Crippen MR) is 176 cm³/mol. The summed E-state index contributed by atoms with van der Waals surface area (Å²) in [5.74, 6) is 1.49. The van der Waals surface area contributed by atoms with Crippen LogP contribution in [-0.4, -0.2) is 61.8 Å². The molecule has 4 rings (SSSR count). The molecule has 3 aromatic rings. The molecule has 10 nitrogen and oxygen atoms in total. The second-order valence-electron chi connectivity index (χ2n) is 9.57. The van der Waals surface area contributed by atoms with Crippen LogP contribution in [0.2, 0.25) is 5.02 Å². The number of methoxy groups -OCH3 is 1. The largest absolute Gasteiger partial charge is 0.495 e. The summed E-state index contributed by atoms with van der Waals surface area (Å²) in [7, 11) is 6.77. The average Bonchev–Trinajstić information content (AvgIpc) is 3.27. The van der Waals surface area contributed by atoms with E-state index in [9.17, 15) is 14.4 Å². The number of aryl methyl sites for hydroxylation is 1. The van der Waals surface area contributed by atoms with E-state index in [-0.39, 0.29) is 11.9 Å². The summed E-state index contributed by atoms with van der Waals surface area (Å²) in [6.07, 6.45) is 11.5. The van der Waals surface area contributed by atoms with Gasteiger partial charge in [0, 0.05) is 57.6 Å². The zero-order valence-electron chi connectivity index (χ0n) is 25.6. The molecule has 2 aromatic carbocycles. The Kier molecular flexibility index (Phi) is 14.6. The molecule has 11 heteroatoms. The Labute approximate surface area is 258 Å². The van der Waals surface area contributed by atoms with Crippen LogP contribution in [-0.2, 0) is 16.1 Å². The number of urea groups is 1.